The Kier molecular flexibility index (Phi) is 2.77. The van der Waals surface area contributed by atoms with E-state index in [2.05, 4.69) is 16.0 Å². The smallest absolute Gasteiger partial charge is 0.0735 e. The Morgan fingerprint density at radius 3 is 2.65 bits per heavy atom. The molecule has 2 heterocycles. The van der Waals surface area contributed by atoms with Crippen LogP contribution in [0.3, 0.4) is 0 Å². The molecule has 20 heavy (non-hydrogen) atoms. The largest absolute Gasteiger partial charge is 0.328 e. The number of rotatable bonds is 1. The molecular formula is C17H21N3. The second kappa shape index (κ2) is 4.52. The number of pyridine rings is 2. The number of hydrogen-bond acceptors (Lipinski definition) is 3. The Morgan fingerprint density at radius 2 is 1.90 bits per heavy atom. The summed E-state index contributed by atoms with van der Waals surface area (Å²) in [5, 5.41) is 1.24. The van der Waals surface area contributed by atoms with Crippen molar-refractivity contribution in [3.8, 4) is 0 Å². The highest BCUT2D eigenvalue weighted by Crippen LogP contribution is 2.54. The van der Waals surface area contributed by atoms with E-state index in [9.17, 15) is 0 Å². The molecule has 3 heteroatoms. The van der Waals surface area contributed by atoms with Gasteiger partial charge in [0.15, 0.2) is 0 Å². The SMILES string of the molecule is NC1CC2(CCC(c3ccnc4ccncc34)CC2)C1. The van der Waals surface area contributed by atoms with Crippen LogP contribution in [-0.2, 0) is 0 Å². The third-order valence-electron chi connectivity index (χ3n) is 5.45. The van der Waals surface area contributed by atoms with Crippen LogP contribution in [0.2, 0.25) is 0 Å². The number of fused-ring (bicyclic) bond motifs is 1. The lowest BCUT2D eigenvalue weighted by Crippen LogP contribution is -2.47. The predicted octanol–water partition coefficient (Wildman–Crippen LogP) is 3.39. The maximum Gasteiger partial charge on any atom is 0.0735 e. The van der Waals surface area contributed by atoms with Gasteiger partial charge in [-0.25, -0.2) is 0 Å². The second-order valence-electron chi connectivity index (χ2n) is 6.74. The highest BCUT2D eigenvalue weighted by atomic mass is 14.7. The van der Waals surface area contributed by atoms with Crippen LogP contribution in [0.5, 0.6) is 0 Å². The van der Waals surface area contributed by atoms with E-state index in [1.807, 2.05) is 24.7 Å². The minimum Gasteiger partial charge on any atom is -0.328 e. The highest BCUT2D eigenvalue weighted by molar-refractivity contribution is 5.81. The molecule has 2 N–H and O–H groups in total. The fourth-order valence-corrected chi connectivity index (χ4v) is 4.37. The van der Waals surface area contributed by atoms with Gasteiger partial charge in [-0.3, -0.25) is 9.97 Å². The lowest BCUT2D eigenvalue weighted by molar-refractivity contribution is 0.0485. The lowest BCUT2D eigenvalue weighted by Gasteiger charge is -2.50. The Labute approximate surface area is 119 Å². The summed E-state index contributed by atoms with van der Waals surface area (Å²) in [6.45, 7) is 0. The summed E-state index contributed by atoms with van der Waals surface area (Å²) < 4.78 is 0. The summed E-state index contributed by atoms with van der Waals surface area (Å²) in [5.41, 5.74) is 9.10. The summed E-state index contributed by atoms with van der Waals surface area (Å²) in [7, 11) is 0. The van der Waals surface area contributed by atoms with Gasteiger partial charge in [0.25, 0.3) is 0 Å². The molecule has 0 unspecified atom stereocenters. The molecule has 0 aliphatic heterocycles. The van der Waals surface area contributed by atoms with Crippen molar-refractivity contribution in [1.29, 1.82) is 0 Å². The van der Waals surface area contributed by atoms with Crippen LogP contribution in [0, 0.1) is 5.41 Å². The van der Waals surface area contributed by atoms with E-state index in [4.69, 9.17) is 5.73 Å². The normalized spacial score (nSPS) is 33.2. The summed E-state index contributed by atoms with van der Waals surface area (Å²) in [5.74, 6) is 0.673. The van der Waals surface area contributed by atoms with Gasteiger partial charge >= 0.3 is 0 Å². The Bertz CT molecular complexity index is 616. The number of hydrogen-bond donors (Lipinski definition) is 1. The zero-order valence-corrected chi connectivity index (χ0v) is 11.8. The molecule has 2 aromatic heterocycles. The molecule has 104 valence electrons. The van der Waals surface area contributed by atoms with Crippen LogP contribution in [0.15, 0.2) is 30.7 Å². The van der Waals surface area contributed by atoms with Crippen LogP contribution in [-0.4, -0.2) is 16.0 Å². The van der Waals surface area contributed by atoms with E-state index in [-0.39, 0.29) is 0 Å². The number of aromatic nitrogens is 2. The van der Waals surface area contributed by atoms with Gasteiger partial charge in [0, 0.05) is 30.0 Å². The van der Waals surface area contributed by atoms with Gasteiger partial charge in [-0.1, -0.05) is 0 Å². The van der Waals surface area contributed by atoms with E-state index in [1.54, 1.807) is 0 Å². The summed E-state index contributed by atoms with van der Waals surface area (Å²) in [4.78, 5) is 8.72. The van der Waals surface area contributed by atoms with Gasteiger partial charge in [0.1, 0.15) is 0 Å². The molecule has 3 nitrogen and oxygen atoms in total. The third kappa shape index (κ3) is 1.92. The van der Waals surface area contributed by atoms with Crippen LogP contribution in [0.4, 0.5) is 0 Å². The van der Waals surface area contributed by atoms with Crippen molar-refractivity contribution in [3.63, 3.8) is 0 Å². The zero-order chi connectivity index (χ0) is 13.6. The molecule has 0 bridgehead atoms. The summed E-state index contributed by atoms with van der Waals surface area (Å²) in [6.07, 6.45) is 13.5. The van der Waals surface area contributed by atoms with Crippen molar-refractivity contribution < 1.29 is 0 Å². The first-order chi connectivity index (χ1) is 9.76. The monoisotopic (exact) mass is 267 g/mol. The molecule has 1 spiro atoms. The van der Waals surface area contributed by atoms with E-state index in [1.165, 1.54) is 49.5 Å². The fourth-order valence-electron chi connectivity index (χ4n) is 4.37. The zero-order valence-electron chi connectivity index (χ0n) is 11.8. The molecule has 2 saturated carbocycles. The van der Waals surface area contributed by atoms with Gasteiger partial charge in [0.05, 0.1) is 5.52 Å². The van der Waals surface area contributed by atoms with Crippen molar-refractivity contribution in [2.45, 2.75) is 50.5 Å². The van der Waals surface area contributed by atoms with Gasteiger partial charge in [-0.05, 0) is 67.6 Å². The van der Waals surface area contributed by atoms with Crippen molar-refractivity contribution in [2.24, 2.45) is 11.1 Å². The average molecular weight is 267 g/mol. The molecule has 0 radical (unpaired) electrons. The summed E-state index contributed by atoms with van der Waals surface area (Å²) >= 11 is 0. The van der Waals surface area contributed by atoms with Crippen LogP contribution in [0.25, 0.3) is 10.9 Å². The Hall–Kier alpha value is -1.48. The third-order valence-corrected chi connectivity index (χ3v) is 5.45. The van der Waals surface area contributed by atoms with Gasteiger partial charge in [-0.2, -0.15) is 0 Å². The quantitative estimate of drug-likeness (QED) is 0.861. The van der Waals surface area contributed by atoms with E-state index >= 15 is 0 Å². The van der Waals surface area contributed by atoms with Gasteiger partial charge in [0.2, 0.25) is 0 Å². The molecule has 2 aliphatic carbocycles. The Morgan fingerprint density at radius 1 is 1.10 bits per heavy atom. The van der Waals surface area contributed by atoms with Crippen LogP contribution < -0.4 is 5.73 Å². The first-order valence-electron chi connectivity index (χ1n) is 7.70. The second-order valence-corrected chi connectivity index (χ2v) is 6.74. The first kappa shape index (κ1) is 12.3. The minimum atomic E-state index is 0.470. The van der Waals surface area contributed by atoms with E-state index in [0.717, 1.165) is 5.52 Å². The number of nitrogens with zero attached hydrogens (tertiary/aromatic N) is 2. The molecule has 4 rings (SSSR count). The lowest BCUT2D eigenvalue weighted by atomic mass is 9.56. The van der Waals surface area contributed by atoms with E-state index in [0.29, 0.717) is 17.4 Å². The van der Waals surface area contributed by atoms with Crippen LogP contribution in [0.1, 0.15) is 50.0 Å². The molecule has 2 aromatic rings. The first-order valence-corrected chi connectivity index (χ1v) is 7.70. The molecule has 0 amide bonds. The number of nitrogens with two attached hydrogens (primary N) is 1. The highest BCUT2D eigenvalue weighted by Gasteiger charge is 2.44. The average Bonchev–Trinajstić information content (AvgIpc) is 2.46. The van der Waals surface area contributed by atoms with Crippen LogP contribution >= 0.6 is 0 Å². The summed E-state index contributed by atoms with van der Waals surface area (Å²) in [6, 6.07) is 4.67. The van der Waals surface area contributed by atoms with Crippen molar-refractivity contribution in [2.75, 3.05) is 0 Å². The molecule has 0 atom stereocenters. The maximum atomic E-state index is 5.99. The molecule has 0 aromatic carbocycles. The standard InChI is InChI=1S/C17H21N3/c18-13-9-17(10-13)5-1-12(2-6-17)14-3-8-20-16-4-7-19-11-15(14)16/h3-4,7-8,11-13H,1-2,5-6,9-10,18H2. The van der Waals surface area contributed by atoms with Crippen molar-refractivity contribution in [1.82, 2.24) is 9.97 Å². The maximum absolute atomic E-state index is 5.99. The predicted molar refractivity (Wildman–Crippen MR) is 80.4 cm³/mol. The fraction of sp³-hybridized carbons (Fsp3) is 0.529. The van der Waals surface area contributed by atoms with E-state index < -0.39 is 0 Å². The van der Waals surface area contributed by atoms with Crippen molar-refractivity contribution >= 4 is 10.9 Å². The Balaban J connectivity index is 1.59. The van der Waals surface area contributed by atoms with Gasteiger partial charge in [-0.15, -0.1) is 0 Å². The van der Waals surface area contributed by atoms with Crippen molar-refractivity contribution in [3.05, 3.63) is 36.3 Å². The van der Waals surface area contributed by atoms with Gasteiger partial charge < -0.3 is 5.73 Å². The molecular weight excluding hydrogens is 246 g/mol. The molecule has 2 aliphatic rings. The minimum absolute atomic E-state index is 0.470. The molecule has 2 fully saturated rings. The molecule has 0 saturated heterocycles. The topological polar surface area (TPSA) is 51.8 Å².